The van der Waals surface area contributed by atoms with Gasteiger partial charge in [-0.3, -0.25) is 9.98 Å². The Kier molecular flexibility index (Phi) is 10.5. The van der Waals surface area contributed by atoms with Crippen molar-refractivity contribution in [2.24, 2.45) is 10.9 Å². The van der Waals surface area contributed by atoms with Crippen LogP contribution in [0.3, 0.4) is 0 Å². The lowest BCUT2D eigenvalue weighted by Crippen LogP contribution is -2.33. The van der Waals surface area contributed by atoms with Crippen molar-refractivity contribution in [1.82, 2.24) is 9.55 Å². The molecule has 4 nitrogen and oxygen atoms in total. The van der Waals surface area contributed by atoms with Crippen LogP contribution in [-0.2, 0) is 0 Å². The predicted molar refractivity (Wildman–Crippen MR) is 255 cm³/mol. The van der Waals surface area contributed by atoms with Crippen LogP contribution in [0.15, 0.2) is 187 Å². The lowest BCUT2D eigenvalue weighted by molar-refractivity contribution is 0.532. The number of aliphatic imine (C=N–C) groups is 1. The van der Waals surface area contributed by atoms with Crippen LogP contribution in [0, 0.1) is 5.92 Å². The first kappa shape index (κ1) is 37.7. The van der Waals surface area contributed by atoms with Crippen LogP contribution in [0.2, 0.25) is 0 Å². The zero-order valence-corrected chi connectivity index (χ0v) is 34.7. The van der Waals surface area contributed by atoms with Gasteiger partial charge in [0.25, 0.3) is 0 Å². The number of hydrogen-bond donors (Lipinski definition) is 0. The van der Waals surface area contributed by atoms with Gasteiger partial charge in [-0.05, 0) is 146 Å². The van der Waals surface area contributed by atoms with Crippen LogP contribution in [-0.4, -0.2) is 21.8 Å². The van der Waals surface area contributed by atoms with Gasteiger partial charge in [0.1, 0.15) is 0 Å². The predicted octanol–water partition coefficient (Wildman–Crippen LogP) is 14.7. The molecule has 2 aromatic heterocycles. The fraction of sp³-hybridized carbons (Fsp3) is 0.214. The molecule has 6 aromatic rings. The summed E-state index contributed by atoms with van der Waals surface area (Å²) in [4.78, 5) is 11.5. The smallest absolute Gasteiger partial charge is 0.0585 e. The fourth-order valence-corrected chi connectivity index (χ4v) is 9.71. The van der Waals surface area contributed by atoms with Crippen molar-refractivity contribution < 1.29 is 0 Å². The highest BCUT2D eigenvalue weighted by atomic mass is 15.2. The second kappa shape index (κ2) is 16.6. The van der Waals surface area contributed by atoms with E-state index in [-0.39, 0.29) is 0 Å². The molecular formula is C56H52N4. The lowest BCUT2D eigenvalue weighted by atomic mass is 9.89. The van der Waals surface area contributed by atoms with E-state index >= 15 is 0 Å². The average Bonchev–Trinajstić information content (AvgIpc) is 3.70. The molecular weight excluding hydrogens is 729 g/mol. The van der Waals surface area contributed by atoms with Crippen LogP contribution in [0.4, 0.5) is 5.69 Å². The number of allylic oxidation sites excluding steroid dienone is 10. The van der Waals surface area contributed by atoms with E-state index in [2.05, 4.69) is 173 Å². The summed E-state index contributed by atoms with van der Waals surface area (Å²) in [5, 5.41) is 2.60. The van der Waals surface area contributed by atoms with Gasteiger partial charge in [-0.1, -0.05) is 98.0 Å². The minimum absolute atomic E-state index is 0.340. The Bertz CT molecular complexity index is 2820. The van der Waals surface area contributed by atoms with Gasteiger partial charge in [0.15, 0.2) is 0 Å². The lowest BCUT2D eigenvalue weighted by Gasteiger charge is -2.31. The third-order valence-electron chi connectivity index (χ3n) is 12.9. The van der Waals surface area contributed by atoms with E-state index in [1.807, 2.05) is 31.7 Å². The van der Waals surface area contributed by atoms with Crippen molar-refractivity contribution >= 4 is 39.3 Å². The highest BCUT2D eigenvalue weighted by molar-refractivity contribution is 6.10. The molecule has 0 radical (unpaired) electrons. The summed E-state index contributed by atoms with van der Waals surface area (Å²) in [7, 11) is 0. The third kappa shape index (κ3) is 7.25. The van der Waals surface area contributed by atoms with Gasteiger partial charge in [-0.25, -0.2) is 0 Å². The standard InChI is InChI=1S/C56H52N4/c1-3-57-32-31-51-34-46-17-11-12-18-54(46)59(51)49-25-19-42(20-26-49)47-33-48(38-58-37-47)43-21-27-50(28-22-43)60-55-29-23-44(39(2)40-13-9-6-10-14-40)35-52(55)53-36-45(24-30-56(53)60)41-15-7-4-5-8-16-41/h3,7,9,12-16,18-39,46,54H,4-6,8,10-11,17H2,1-2H3/b32-31-,57-3?. The van der Waals surface area contributed by atoms with E-state index in [9.17, 15) is 0 Å². The van der Waals surface area contributed by atoms with Crippen molar-refractivity contribution in [1.29, 1.82) is 0 Å². The van der Waals surface area contributed by atoms with Gasteiger partial charge >= 0.3 is 0 Å². The zero-order valence-electron chi connectivity index (χ0n) is 34.7. The summed E-state index contributed by atoms with van der Waals surface area (Å²) < 4.78 is 2.44. The SMILES string of the molecule is CC=N/C=C\C1=CC2CCC=CC2N1c1ccc(-c2cncc(-c3ccc(-n4c5ccc(C6=CCCCC=C6)cc5c5cc(C(C)C6=CCCC=C6)ccc54)cc3)c2)cc1. The third-order valence-corrected chi connectivity index (χ3v) is 12.9. The Morgan fingerprint density at radius 3 is 2.18 bits per heavy atom. The molecule has 0 N–H and O–H groups in total. The van der Waals surface area contributed by atoms with E-state index in [1.165, 1.54) is 68.3 Å². The summed E-state index contributed by atoms with van der Waals surface area (Å²) in [5.74, 6) is 0.858. The zero-order chi connectivity index (χ0) is 40.4. The molecule has 1 aliphatic heterocycles. The summed E-state index contributed by atoms with van der Waals surface area (Å²) >= 11 is 0. The maximum absolute atomic E-state index is 4.73. The van der Waals surface area contributed by atoms with E-state index < -0.39 is 0 Å². The van der Waals surface area contributed by atoms with Gasteiger partial charge in [0.05, 0.1) is 17.1 Å². The maximum atomic E-state index is 4.73. The molecule has 0 amide bonds. The number of fused-ring (bicyclic) bond motifs is 4. The van der Waals surface area contributed by atoms with Crippen molar-refractivity contribution in [3.05, 3.63) is 193 Å². The summed E-state index contributed by atoms with van der Waals surface area (Å²) in [6.07, 6.45) is 39.1. The van der Waals surface area contributed by atoms with Gasteiger partial charge in [-0.2, -0.15) is 0 Å². The molecule has 0 spiro atoms. The monoisotopic (exact) mass is 780 g/mol. The molecule has 0 fully saturated rings. The minimum Gasteiger partial charge on any atom is -0.334 e. The van der Waals surface area contributed by atoms with Crippen molar-refractivity contribution in [3.63, 3.8) is 0 Å². The molecule has 3 heterocycles. The molecule has 10 rings (SSSR count). The molecule has 0 saturated carbocycles. The molecule has 3 atom stereocenters. The Hall–Kier alpha value is -6.52. The molecule has 0 saturated heterocycles. The quantitative estimate of drug-likeness (QED) is 0.108. The number of pyridine rings is 1. The average molecular weight is 781 g/mol. The number of nitrogens with zero attached hydrogens (tertiary/aromatic N) is 4. The minimum atomic E-state index is 0.340. The first-order valence-electron chi connectivity index (χ1n) is 21.9. The molecule has 3 unspecified atom stereocenters. The number of aromatic nitrogens is 2. The number of anilines is 1. The van der Waals surface area contributed by atoms with Crippen LogP contribution in [0.25, 0.3) is 55.3 Å². The number of hydrogen-bond acceptors (Lipinski definition) is 3. The molecule has 4 aromatic carbocycles. The van der Waals surface area contributed by atoms with E-state index in [0.29, 0.717) is 17.9 Å². The molecule has 3 aliphatic carbocycles. The van der Waals surface area contributed by atoms with Crippen LogP contribution in [0.1, 0.15) is 75.8 Å². The van der Waals surface area contributed by atoms with Crippen LogP contribution in [0.5, 0.6) is 0 Å². The first-order valence-corrected chi connectivity index (χ1v) is 21.9. The molecule has 296 valence electrons. The van der Waals surface area contributed by atoms with Crippen LogP contribution < -0.4 is 4.90 Å². The van der Waals surface area contributed by atoms with E-state index in [4.69, 9.17) is 4.98 Å². The van der Waals surface area contributed by atoms with Crippen molar-refractivity contribution in [2.45, 2.75) is 70.8 Å². The van der Waals surface area contributed by atoms with Crippen molar-refractivity contribution in [3.8, 4) is 27.9 Å². The maximum Gasteiger partial charge on any atom is 0.0585 e. The molecule has 0 bridgehead atoms. The molecule has 4 heteroatoms. The number of rotatable bonds is 9. The first-order chi connectivity index (χ1) is 29.6. The van der Waals surface area contributed by atoms with E-state index in [0.717, 1.165) is 60.0 Å². The Morgan fingerprint density at radius 1 is 0.683 bits per heavy atom. The van der Waals surface area contributed by atoms with Gasteiger partial charge in [0, 0.05) is 75.6 Å². The summed E-state index contributed by atoms with van der Waals surface area (Å²) in [6.45, 7) is 4.30. The Labute approximate surface area is 354 Å². The highest BCUT2D eigenvalue weighted by Gasteiger charge is 2.33. The van der Waals surface area contributed by atoms with E-state index in [1.54, 1.807) is 0 Å². The second-order valence-corrected chi connectivity index (χ2v) is 16.6. The second-order valence-electron chi connectivity index (χ2n) is 16.6. The molecule has 4 aliphatic rings. The normalized spacial score (nSPS) is 19.6. The summed E-state index contributed by atoms with van der Waals surface area (Å²) in [5.41, 5.74) is 15.9. The molecule has 60 heavy (non-hydrogen) atoms. The number of benzene rings is 4. The van der Waals surface area contributed by atoms with Gasteiger partial charge < -0.3 is 9.47 Å². The fourth-order valence-electron chi connectivity index (χ4n) is 9.71. The Balaban J connectivity index is 0.967. The summed E-state index contributed by atoms with van der Waals surface area (Å²) in [6, 6.07) is 34.8. The Morgan fingerprint density at radius 2 is 1.42 bits per heavy atom. The van der Waals surface area contributed by atoms with Gasteiger partial charge in [0.2, 0.25) is 0 Å². The highest BCUT2D eigenvalue weighted by Crippen LogP contribution is 2.41. The van der Waals surface area contributed by atoms with Crippen LogP contribution >= 0.6 is 0 Å². The van der Waals surface area contributed by atoms with Gasteiger partial charge in [-0.15, -0.1) is 0 Å². The largest absolute Gasteiger partial charge is 0.334 e. The van der Waals surface area contributed by atoms with Crippen molar-refractivity contribution in [2.75, 3.05) is 4.90 Å². The topological polar surface area (TPSA) is 33.4 Å².